The molecule has 0 N–H and O–H groups in total. The van der Waals surface area contributed by atoms with E-state index in [1.165, 1.54) is 11.1 Å². The lowest BCUT2D eigenvalue weighted by Gasteiger charge is -2.48. The molecule has 0 aromatic heterocycles. The molecule has 1 aliphatic heterocycles. The summed E-state index contributed by atoms with van der Waals surface area (Å²) in [6.45, 7) is 12.7. The minimum absolute atomic E-state index is 0.0505. The Hall–Kier alpha value is -1.91. The van der Waals surface area contributed by atoms with Crippen molar-refractivity contribution in [1.82, 2.24) is 4.90 Å². The van der Waals surface area contributed by atoms with E-state index in [1.807, 2.05) is 12.1 Å². The molecular weight excluding hydrogens is 398 g/mol. The second-order valence-corrected chi connectivity index (χ2v) is 12.9. The second-order valence-electron chi connectivity index (χ2n) is 10.6. The number of benzene rings is 2. The van der Waals surface area contributed by atoms with Crippen LogP contribution in [0.3, 0.4) is 0 Å². The molecule has 1 aliphatic rings. The lowest BCUT2D eigenvalue weighted by molar-refractivity contribution is -0.156. The molecule has 1 fully saturated rings. The van der Waals surface area contributed by atoms with Gasteiger partial charge in [-0.2, -0.15) is 0 Å². The van der Waals surface area contributed by atoms with Crippen molar-refractivity contribution in [2.24, 2.45) is 10.8 Å². The van der Waals surface area contributed by atoms with Crippen LogP contribution in [0.2, 0.25) is 13.1 Å². The normalized spacial score (nSPS) is 20.8. The molecule has 3 nitrogen and oxygen atoms in total. The molecule has 0 spiro atoms. The number of piperidine rings is 1. The van der Waals surface area contributed by atoms with Crippen molar-refractivity contribution in [3.8, 4) is 0 Å². The fraction of sp³-hybridized carbons (Fsp3) is 0.519. The minimum Gasteiger partial charge on any atom is -0.417 e. The second kappa shape index (κ2) is 10.1. The Labute approximate surface area is 190 Å². The highest BCUT2D eigenvalue weighted by Crippen LogP contribution is 2.44. The molecule has 0 bridgehead atoms. The molecule has 168 valence electrons. The molecule has 2 unspecified atom stereocenters. The largest absolute Gasteiger partial charge is 0.417 e. The van der Waals surface area contributed by atoms with Gasteiger partial charge in [-0.15, -0.1) is 0 Å². The maximum absolute atomic E-state index is 14.2. The van der Waals surface area contributed by atoms with Crippen LogP contribution in [0.15, 0.2) is 60.7 Å². The van der Waals surface area contributed by atoms with E-state index < -0.39 is 14.5 Å². The minimum atomic E-state index is -1.33. The molecule has 3 rings (SSSR count). The van der Waals surface area contributed by atoms with Crippen molar-refractivity contribution in [2.45, 2.75) is 72.2 Å². The van der Waals surface area contributed by atoms with Crippen molar-refractivity contribution in [3.05, 3.63) is 71.8 Å². The van der Waals surface area contributed by atoms with Crippen LogP contribution in [0.5, 0.6) is 0 Å². The Bertz CT molecular complexity index is 831. The molecule has 2 atom stereocenters. The lowest BCUT2D eigenvalue weighted by Crippen LogP contribution is -2.57. The van der Waals surface area contributed by atoms with Crippen LogP contribution >= 0.6 is 0 Å². The lowest BCUT2D eigenvalue weighted by atomic mass is 9.66. The van der Waals surface area contributed by atoms with E-state index in [0.717, 1.165) is 32.2 Å². The smallest absolute Gasteiger partial charge is 0.232 e. The molecule has 0 saturated carbocycles. The first-order chi connectivity index (χ1) is 14.7. The van der Waals surface area contributed by atoms with E-state index in [4.69, 9.17) is 4.43 Å². The van der Waals surface area contributed by atoms with Crippen molar-refractivity contribution in [2.75, 3.05) is 6.54 Å². The standard InChI is InChI=1S/C27H39NO2Si/c1-26(2,3)20-24(30-31(4)5)27(19-22-13-8-6-9-14-22)17-12-18-28(25(27)29)21-23-15-10-7-11-16-23/h6-11,13-16,24,31H,12,17-21H2,1-5H3. The van der Waals surface area contributed by atoms with E-state index >= 15 is 0 Å². The van der Waals surface area contributed by atoms with Crippen LogP contribution in [0.1, 0.15) is 51.2 Å². The first-order valence-electron chi connectivity index (χ1n) is 11.7. The van der Waals surface area contributed by atoms with Gasteiger partial charge in [-0.3, -0.25) is 4.79 Å². The predicted molar refractivity (Wildman–Crippen MR) is 131 cm³/mol. The zero-order chi connectivity index (χ0) is 22.5. The third-order valence-electron chi connectivity index (χ3n) is 6.19. The average Bonchev–Trinajstić information content (AvgIpc) is 2.71. The van der Waals surface area contributed by atoms with E-state index in [-0.39, 0.29) is 17.4 Å². The van der Waals surface area contributed by atoms with Crippen LogP contribution in [0.25, 0.3) is 0 Å². The zero-order valence-corrected chi connectivity index (χ0v) is 21.1. The highest BCUT2D eigenvalue weighted by Gasteiger charge is 2.51. The molecule has 2 aromatic carbocycles. The number of amides is 1. The van der Waals surface area contributed by atoms with E-state index in [2.05, 4.69) is 87.3 Å². The summed E-state index contributed by atoms with van der Waals surface area (Å²) >= 11 is 0. The molecule has 0 radical (unpaired) electrons. The van der Waals surface area contributed by atoms with E-state index in [9.17, 15) is 4.79 Å². The number of rotatable bonds is 8. The Morgan fingerprint density at radius 2 is 1.58 bits per heavy atom. The van der Waals surface area contributed by atoms with E-state index in [1.54, 1.807) is 0 Å². The number of likely N-dealkylation sites (tertiary alicyclic amines) is 1. The quantitative estimate of drug-likeness (QED) is 0.485. The summed E-state index contributed by atoms with van der Waals surface area (Å²) < 4.78 is 6.70. The van der Waals surface area contributed by atoms with Gasteiger partial charge in [0.2, 0.25) is 5.91 Å². The molecule has 2 aromatic rings. The molecular formula is C27H39NO2Si. The van der Waals surface area contributed by atoms with Gasteiger partial charge in [0.15, 0.2) is 9.04 Å². The predicted octanol–water partition coefficient (Wildman–Crippen LogP) is 5.84. The van der Waals surface area contributed by atoms with Crippen molar-refractivity contribution in [1.29, 1.82) is 0 Å². The van der Waals surface area contributed by atoms with Gasteiger partial charge < -0.3 is 9.33 Å². The van der Waals surface area contributed by atoms with E-state index in [0.29, 0.717) is 6.54 Å². The number of carbonyl (C=O) groups excluding carboxylic acids is 1. The summed E-state index contributed by atoms with van der Waals surface area (Å²) in [6, 6.07) is 20.9. The van der Waals surface area contributed by atoms with Gasteiger partial charge in [0.25, 0.3) is 0 Å². The SMILES string of the molecule is C[SiH](C)OC(CC(C)(C)C)C1(Cc2ccccc2)CCCN(Cc2ccccc2)C1=O. The molecule has 0 aliphatic carbocycles. The fourth-order valence-electron chi connectivity index (χ4n) is 4.86. The molecule has 1 heterocycles. The van der Waals surface area contributed by atoms with Crippen LogP contribution in [0.4, 0.5) is 0 Å². The average molecular weight is 438 g/mol. The third kappa shape index (κ3) is 6.30. The summed E-state index contributed by atoms with van der Waals surface area (Å²) in [5, 5.41) is 0. The Balaban J connectivity index is 1.99. The van der Waals surface area contributed by atoms with Gasteiger partial charge in [0.05, 0.1) is 11.5 Å². The number of hydrogen-bond donors (Lipinski definition) is 0. The summed E-state index contributed by atoms with van der Waals surface area (Å²) in [5.74, 6) is 0.273. The molecule has 1 saturated heterocycles. The number of hydrogen-bond acceptors (Lipinski definition) is 2. The molecule has 4 heteroatoms. The van der Waals surface area contributed by atoms with Gasteiger partial charge in [0, 0.05) is 13.1 Å². The van der Waals surface area contributed by atoms with Crippen molar-refractivity contribution >= 4 is 14.9 Å². The topological polar surface area (TPSA) is 29.5 Å². The summed E-state index contributed by atoms with van der Waals surface area (Å²) in [5.41, 5.74) is 2.02. The van der Waals surface area contributed by atoms with Crippen LogP contribution in [-0.2, 0) is 22.2 Å². The van der Waals surface area contributed by atoms with Crippen LogP contribution in [-0.4, -0.2) is 32.5 Å². The monoisotopic (exact) mass is 437 g/mol. The third-order valence-corrected chi connectivity index (χ3v) is 7.07. The maximum Gasteiger partial charge on any atom is 0.232 e. The highest BCUT2D eigenvalue weighted by atomic mass is 28.3. The molecule has 31 heavy (non-hydrogen) atoms. The van der Waals surface area contributed by atoms with Crippen molar-refractivity contribution < 1.29 is 9.22 Å². The van der Waals surface area contributed by atoms with Gasteiger partial charge in [0.1, 0.15) is 0 Å². The first-order valence-corrected chi connectivity index (χ1v) is 14.5. The van der Waals surface area contributed by atoms with Crippen LogP contribution < -0.4 is 0 Å². The van der Waals surface area contributed by atoms with Gasteiger partial charge in [-0.1, -0.05) is 81.4 Å². The van der Waals surface area contributed by atoms with Crippen molar-refractivity contribution in [3.63, 3.8) is 0 Å². The van der Waals surface area contributed by atoms with Gasteiger partial charge in [-0.05, 0) is 55.3 Å². The van der Waals surface area contributed by atoms with Gasteiger partial charge in [-0.25, -0.2) is 0 Å². The Morgan fingerprint density at radius 1 is 1.00 bits per heavy atom. The fourth-order valence-corrected chi connectivity index (χ4v) is 5.87. The Kier molecular flexibility index (Phi) is 7.76. The Morgan fingerprint density at radius 3 is 2.13 bits per heavy atom. The first kappa shape index (κ1) is 23.7. The highest BCUT2D eigenvalue weighted by molar-refractivity contribution is 6.48. The maximum atomic E-state index is 14.2. The van der Waals surface area contributed by atoms with Crippen LogP contribution in [0, 0.1) is 10.8 Å². The summed E-state index contributed by atoms with van der Waals surface area (Å²) in [7, 11) is -1.33. The zero-order valence-electron chi connectivity index (χ0n) is 19.9. The number of carbonyl (C=O) groups is 1. The summed E-state index contributed by atoms with van der Waals surface area (Å²) in [4.78, 5) is 16.3. The number of nitrogens with zero attached hydrogens (tertiary/aromatic N) is 1. The summed E-state index contributed by atoms with van der Waals surface area (Å²) in [6.07, 6.45) is 3.52. The molecule has 1 amide bonds. The van der Waals surface area contributed by atoms with Gasteiger partial charge >= 0.3 is 0 Å².